The van der Waals surface area contributed by atoms with E-state index in [1.165, 1.54) is 0 Å². The largest absolute Gasteiger partial charge is 0.508 e. The molecule has 1 amide bonds. The maximum Gasteiger partial charge on any atom is 0.319 e. The van der Waals surface area contributed by atoms with E-state index in [4.69, 9.17) is 14.7 Å². The zero-order chi connectivity index (χ0) is 35.1. The molecule has 0 aliphatic carbocycles. The number of fused-ring (bicyclic) bond motifs is 4. The summed E-state index contributed by atoms with van der Waals surface area (Å²) in [5, 5.41) is 12.9. The molecule has 0 saturated carbocycles. The van der Waals surface area contributed by atoms with Crippen molar-refractivity contribution in [2.45, 2.75) is 63.1 Å². The molecule has 270 valence electrons. The number of amides is 1. The van der Waals surface area contributed by atoms with Gasteiger partial charge in [-0.2, -0.15) is 9.97 Å². The van der Waals surface area contributed by atoms with Gasteiger partial charge < -0.3 is 34.3 Å². The number of likely N-dealkylation sites (N-methyl/N-ethyl adjacent to an activating group) is 2. The van der Waals surface area contributed by atoms with E-state index in [0.29, 0.717) is 48.4 Å². The molecule has 0 radical (unpaired) electrons. The van der Waals surface area contributed by atoms with Gasteiger partial charge in [-0.3, -0.25) is 4.79 Å². The van der Waals surface area contributed by atoms with Crippen LogP contribution in [0.15, 0.2) is 48.5 Å². The zero-order valence-corrected chi connectivity index (χ0v) is 29.9. The first-order chi connectivity index (χ1) is 24.8. The van der Waals surface area contributed by atoms with E-state index in [1.54, 1.807) is 18.2 Å². The standard InChI is InChI=1S/C40H50FN7O3/c1-44-19-21-46(22-20-44)17-6-10-36(50)48-28-11-12-29(48)25-47(18-15-28)39-34-14-13-33(35-24-31(49)23-27-7-3-4-9-32(27)35)37(41)38(34)42-40(43-39)51-26-30-8-5-16-45(30)2/h3-4,7,9,13-14,23-24,28-30,49H,5-6,8,10-12,15-22,25-26H2,1-2H3/t28?,29?,30-/m0/s1. The molecule has 5 heterocycles. The number of phenols is 1. The van der Waals surface area contributed by atoms with Gasteiger partial charge in [0.2, 0.25) is 5.91 Å². The molecule has 2 unspecified atom stereocenters. The van der Waals surface area contributed by atoms with Gasteiger partial charge in [-0.1, -0.05) is 30.3 Å². The molecule has 3 aromatic carbocycles. The summed E-state index contributed by atoms with van der Waals surface area (Å²) in [4.78, 5) is 35.0. The first-order valence-corrected chi connectivity index (χ1v) is 18.8. The van der Waals surface area contributed by atoms with Gasteiger partial charge in [0.05, 0.1) is 0 Å². The number of aromatic hydroxyl groups is 1. The monoisotopic (exact) mass is 695 g/mol. The van der Waals surface area contributed by atoms with Gasteiger partial charge in [-0.25, -0.2) is 4.39 Å². The predicted molar refractivity (Wildman–Crippen MR) is 199 cm³/mol. The lowest BCUT2D eigenvalue weighted by atomic mass is 9.96. The lowest BCUT2D eigenvalue weighted by Gasteiger charge is -2.33. The van der Waals surface area contributed by atoms with Gasteiger partial charge >= 0.3 is 6.01 Å². The van der Waals surface area contributed by atoms with Crippen LogP contribution in [0.5, 0.6) is 11.8 Å². The molecular weight excluding hydrogens is 645 g/mol. The quantitative estimate of drug-likeness (QED) is 0.249. The summed E-state index contributed by atoms with van der Waals surface area (Å²) in [6.07, 6.45) is 6.42. The first-order valence-electron chi connectivity index (χ1n) is 18.8. The maximum absolute atomic E-state index is 16.9. The molecule has 3 atom stereocenters. The number of hydrogen-bond acceptors (Lipinski definition) is 9. The van der Waals surface area contributed by atoms with Gasteiger partial charge in [0.15, 0.2) is 5.82 Å². The van der Waals surface area contributed by atoms with E-state index >= 15 is 4.39 Å². The van der Waals surface area contributed by atoms with Crippen LogP contribution in [-0.2, 0) is 4.79 Å². The highest BCUT2D eigenvalue weighted by atomic mass is 19.1. The average molecular weight is 696 g/mol. The number of phenolic OH excluding ortho intramolecular Hbond substituents is 1. The highest BCUT2D eigenvalue weighted by molar-refractivity contribution is 6.01. The fourth-order valence-electron chi connectivity index (χ4n) is 8.85. The third-order valence-corrected chi connectivity index (χ3v) is 11.8. The van der Waals surface area contributed by atoms with Crippen LogP contribution in [0.4, 0.5) is 10.2 Å². The third kappa shape index (κ3) is 6.95. The second kappa shape index (κ2) is 14.5. The Labute approximate surface area is 299 Å². The third-order valence-electron chi connectivity index (χ3n) is 11.8. The Balaban J connectivity index is 1.09. The van der Waals surface area contributed by atoms with Gasteiger partial charge in [0.25, 0.3) is 0 Å². The van der Waals surface area contributed by atoms with Gasteiger partial charge in [0.1, 0.15) is 23.7 Å². The first kappa shape index (κ1) is 34.0. The minimum absolute atomic E-state index is 0.0781. The molecule has 4 saturated heterocycles. The van der Waals surface area contributed by atoms with Crippen molar-refractivity contribution in [3.05, 3.63) is 54.3 Å². The number of hydrogen-bond donors (Lipinski definition) is 1. The molecule has 0 spiro atoms. The summed E-state index contributed by atoms with van der Waals surface area (Å²) in [6, 6.07) is 15.4. The Bertz CT molecular complexity index is 1900. The number of ether oxygens (including phenoxy) is 1. The van der Waals surface area contributed by atoms with Crippen LogP contribution in [0.2, 0.25) is 0 Å². The fraction of sp³-hybridized carbons (Fsp3) is 0.525. The molecule has 1 aromatic heterocycles. The summed E-state index contributed by atoms with van der Waals surface area (Å²) < 4.78 is 23.2. The van der Waals surface area contributed by atoms with E-state index in [2.05, 4.69) is 38.6 Å². The van der Waals surface area contributed by atoms with E-state index in [9.17, 15) is 9.90 Å². The Hall–Kier alpha value is -4.06. The molecule has 1 N–H and O–H groups in total. The summed E-state index contributed by atoms with van der Waals surface area (Å²) in [5.41, 5.74) is 1.17. The molecule has 4 fully saturated rings. The number of likely N-dealkylation sites (tertiary alicyclic amines) is 1. The summed E-state index contributed by atoms with van der Waals surface area (Å²) >= 11 is 0. The van der Waals surface area contributed by atoms with Crippen molar-refractivity contribution in [3.63, 3.8) is 0 Å². The van der Waals surface area contributed by atoms with Crippen molar-refractivity contribution < 1.29 is 19.0 Å². The normalized spacial score (nSPS) is 23.4. The lowest BCUT2D eigenvalue weighted by Crippen LogP contribution is -2.45. The van der Waals surface area contributed by atoms with Crippen LogP contribution in [-0.4, -0.2) is 132 Å². The molecular formula is C40H50FN7O3. The second-order valence-corrected chi connectivity index (χ2v) is 15.1. The maximum atomic E-state index is 16.9. The molecule has 8 rings (SSSR count). The Morgan fingerprint density at radius 2 is 1.73 bits per heavy atom. The van der Waals surface area contributed by atoms with Crippen molar-refractivity contribution in [2.75, 3.05) is 78.0 Å². The fourth-order valence-corrected chi connectivity index (χ4v) is 8.85. The summed E-state index contributed by atoms with van der Waals surface area (Å²) in [5.74, 6) is 0.512. The number of aromatic nitrogens is 2. The van der Waals surface area contributed by atoms with Crippen LogP contribution < -0.4 is 9.64 Å². The zero-order valence-electron chi connectivity index (χ0n) is 29.9. The van der Waals surface area contributed by atoms with E-state index in [1.807, 2.05) is 30.3 Å². The number of carbonyl (C=O) groups is 1. The van der Waals surface area contributed by atoms with Gasteiger partial charge in [-0.15, -0.1) is 0 Å². The summed E-state index contributed by atoms with van der Waals surface area (Å²) in [6.45, 7) is 8.07. The lowest BCUT2D eigenvalue weighted by molar-refractivity contribution is -0.133. The van der Waals surface area contributed by atoms with E-state index < -0.39 is 5.82 Å². The highest BCUT2D eigenvalue weighted by Crippen LogP contribution is 2.40. The van der Waals surface area contributed by atoms with Crippen LogP contribution in [0.1, 0.15) is 44.9 Å². The molecule has 4 aliphatic heterocycles. The van der Waals surface area contributed by atoms with Crippen LogP contribution in [0.25, 0.3) is 32.8 Å². The average Bonchev–Trinajstić information content (AvgIpc) is 3.68. The SMILES string of the molecule is CN1CCN(CCCC(=O)N2C3CCC2CN(c2nc(OC[C@@H]4CCCN4C)nc4c(F)c(-c5cc(O)cc6ccccc56)ccc24)CC3)CC1. The predicted octanol–water partition coefficient (Wildman–Crippen LogP) is 5.37. The van der Waals surface area contributed by atoms with Crippen LogP contribution in [0.3, 0.4) is 0 Å². The molecule has 11 heteroatoms. The molecule has 2 bridgehead atoms. The Morgan fingerprint density at radius 3 is 2.55 bits per heavy atom. The highest BCUT2D eigenvalue weighted by Gasteiger charge is 2.40. The minimum atomic E-state index is -0.469. The molecule has 4 aromatic rings. The van der Waals surface area contributed by atoms with Crippen LogP contribution in [0, 0.1) is 5.82 Å². The van der Waals surface area contributed by atoms with Crippen molar-refractivity contribution in [2.24, 2.45) is 0 Å². The van der Waals surface area contributed by atoms with Crippen molar-refractivity contribution in [1.29, 1.82) is 0 Å². The minimum Gasteiger partial charge on any atom is -0.508 e. The number of piperazine rings is 1. The van der Waals surface area contributed by atoms with E-state index in [0.717, 1.165) is 88.6 Å². The van der Waals surface area contributed by atoms with E-state index in [-0.39, 0.29) is 41.3 Å². The number of halogens is 1. The van der Waals surface area contributed by atoms with Crippen molar-refractivity contribution in [3.8, 4) is 22.9 Å². The molecule has 4 aliphatic rings. The van der Waals surface area contributed by atoms with Crippen molar-refractivity contribution in [1.82, 2.24) is 29.6 Å². The molecule has 51 heavy (non-hydrogen) atoms. The Kier molecular flexibility index (Phi) is 9.69. The Morgan fingerprint density at radius 1 is 0.902 bits per heavy atom. The topological polar surface area (TPSA) is 88.5 Å². The smallest absolute Gasteiger partial charge is 0.319 e. The second-order valence-electron chi connectivity index (χ2n) is 15.1. The number of benzene rings is 3. The number of anilines is 1. The van der Waals surface area contributed by atoms with Crippen LogP contribution >= 0.6 is 0 Å². The number of rotatable bonds is 9. The number of carbonyl (C=O) groups excluding carboxylic acids is 1. The van der Waals surface area contributed by atoms with Gasteiger partial charge in [0, 0.05) is 74.8 Å². The summed E-state index contributed by atoms with van der Waals surface area (Å²) in [7, 11) is 4.27. The molecule has 10 nitrogen and oxygen atoms in total. The number of nitrogens with zero attached hydrogens (tertiary/aromatic N) is 7. The van der Waals surface area contributed by atoms with Gasteiger partial charge in [-0.05, 0) is 100 Å². The van der Waals surface area contributed by atoms with Crippen molar-refractivity contribution >= 4 is 33.4 Å².